The number of rotatable bonds is 3. The Morgan fingerprint density at radius 2 is 0.786 bits per heavy atom. The van der Waals surface area contributed by atoms with Crippen molar-refractivity contribution in [1.29, 1.82) is 0 Å². The number of aromatic nitrogens is 2. The van der Waals surface area contributed by atoms with Crippen LogP contribution in [0.25, 0.3) is 76.9 Å². The third-order valence-electron chi connectivity index (χ3n) is 8.69. The summed E-state index contributed by atoms with van der Waals surface area (Å²) < 4.78 is 4.82. The largest absolute Gasteiger partial charge is 0.309 e. The first-order valence-electron chi connectivity index (χ1n) is 14.4. The average molecular weight is 535 g/mol. The van der Waals surface area contributed by atoms with Crippen LogP contribution in [0.2, 0.25) is 0 Å². The van der Waals surface area contributed by atoms with E-state index in [1.54, 1.807) is 0 Å². The van der Waals surface area contributed by atoms with E-state index >= 15 is 0 Å². The molecular weight excluding hydrogens is 508 g/mol. The van der Waals surface area contributed by atoms with Gasteiger partial charge in [-0.2, -0.15) is 0 Å². The minimum absolute atomic E-state index is 1.16. The van der Waals surface area contributed by atoms with E-state index in [9.17, 15) is 0 Å². The van der Waals surface area contributed by atoms with Gasteiger partial charge in [-0.3, -0.25) is 0 Å². The molecule has 0 fully saturated rings. The van der Waals surface area contributed by atoms with Crippen LogP contribution in [0.5, 0.6) is 0 Å². The summed E-state index contributed by atoms with van der Waals surface area (Å²) in [6, 6.07) is 57.3. The Balaban J connectivity index is 1.28. The molecular formula is C40H26N2. The van der Waals surface area contributed by atoms with Crippen LogP contribution < -0.4 is 0 Å². The molecule has 0 radical (unpaired) electrons. The molecule has 0 aliphatic rings. The summed E-state index contributed by atoms with van der Waals surface area (Å²) in [5, 5.41) is 7.58. The fourth-order valence-corrected chi connectivity index (χ4v) is 6.74. The third kappa shape index (κ3) is 3.39. The molecule has 0 saturated heterocycles. The number of hydrogen-bond acceptors (Lipinski definition) is 0. The standard InChI is InChI=1S/C40H26N2/c1-2-12-31(13-3-1)41-37-16-8-6-14-33(37)35-26-40-36(25-39(35)41)34-15-7-9-17-38(34)42(40)32-22-20-28(21-23-32)30-19-18-27-10-4-5-11-29(27)24-30/h1-26H. The van der Waals surface area contributed by atoms with Crippen LogP contribution in [0, 0.1) is 0 Å². The van der Waals surface area contributed by atoms with Gasteiger partial charge in [0.1, 0.15) is 0 Å². The second kappa shape index (κ2) is 8.95. The highest BCUT2D eigenvalue weighted by atomic mass is 15.0. The van der Waals surface area contributed by atoms with Gasteiger partial charge in [0, 0.05) is 32.9 Å². The van der Waals surface area contributed by atoms with Crippen molar-refractivity contribution in [3.8, 4) is 22.5 Å². The van der Waals surface area contributed by atoms with Crippen LogP contribution in [0.15, 0.2) is 158 Å². The first-order valence-corrected chi connectivity index (χ1v) is 14.4. The second-order valence-corrected chi connectivity index (χ2v) is 11.0. The van der Waals surface area contributed by atoms with E-state index in [2.05, 4.69) is 167 Å². The molecule has 0 bridgehead atoms. The summed E-state index contributed by atoms with van der Waals surface area (Å²) in [4.78, 5) is 0. The van der Waals surface area contributed by atoms with Crippen molar-refractivity contribution in [3.05, 3.63) is 158 Å². The van der Waals surface area contributed by atoms with Gasteiger partial charge >= 0.3 is 0 Å². The lowest BCUT2D eigenvalue weighted by Gasteiger charge is -2.10. The smallest absolute Gasteiger partial charge is 0.0548 e. The molecule has 2 nitrogen and oxygen atoms in total. The molecule has 0 atom stereocenters. The molecule has 0 spiro atoms. The Bertz CT molecular complexity index is 2440. The molecule has 0 aliphatic carbocycles. The van der Waals surface area contributed by atoms with Crippen molar-refractivity contribution in [3.63, 3.8) is 0 Å². The Morgan fingerprint density at radius 3 is 1.43 bits per heavy atom. The molecule has 2 aromatic heterocycles. The van der Waals surface area contributed by atoms with Crippen molar-refractivity contribution in [1.82, 2.24) is 9.13 Å². The zero-order valence-corrected chi connectivity index (χ0v) is 22.9. The maximum Gasteiger partial charge on any atom is 0.0548 e. The molecule has 2 heterocycles. The van der Waals surface area contributed by atoms with Crippen LogP contribution in [0.1, 0.15) is 0 Å². The third-order valence-corrected chi connectivity index (χ3v) is 8.69. The van der Waals surface area contributed by atoms with Gasteiger partial charge in [0.05, 0.1) is 22.1 Å². The molecule has 0 amide bonds. The Morgan fingerprint density at radius 1 is 0.286 bits per heavy atom. The molecule has 2 heteroatoms. The summed E-state index contributed by atoms with van der Waals surface area (Å²) in [6.07, 6.45) is 0. The highest BCUT2D eigenvalue weighted by Gasteiger charge is 2.18. The maximum absolute atomic E-state index is 2.42. The van der Waals surface area contributed by atoms with E-state index in [1.807, 2.05) is 0 Å². The molecule has 42 heavy (non-hydrogen) atoms. The Kier molecular flexibility index (Phi) is 4.93. The van der Waals surface area contributed by atoms with Crippen molar-refractivity contribution in [2.24, 2.45) is 0 Å². The first kappa shape index (κ1) is 23.1. The quantitative estimate of drug-likeness (QED) is 0.213. The predicted molar refractivity (Wildman–Crippen MR) is 178 cm³/mol. The zero-order chi connectivity index (χ0) is 27.6. The average Bonchev–Trinajstić information content (AvgIpc) is 3.56. The molecule has 0 N–H and O–H groups in total. The number of fused-ring (bicyclic) bond motifs is 7. The topological polar surface area (TPSA) is 9.86 Å². The van der Waals surface area contributed by atoms with Gasteiger partial charge in [-0.05, 0) is 76.5 Å². The number of benzene rings is 7. The van der Waals surface area contributed by atoms with Crippen LogP contribution in [-0.4, -0.2) is 9.13 Å². The van der Waals surface area contributed by atoms with Gasteiger partial charge in [0.15, 0.2) is 0 Å². The number of nitrogens with zero attached hydrogens (tertiary/aromatic N) is 2. The summed E-state index contributed by atoms with van der Waals surface area (Å²) in [7, 11) is 0. The SMILES string of the molecule is c1ccc(-n2c3ccccc3c3cc4c(cc32)c2ccccc2n4-c2ccc(-c3ccc4ccccc4c3)cc2)cc1. The minimum Gasteiger partial charge on any atom is -0.309 e. The first-order chi connectivity index (χ1) is 20.8. The lowest BCUT2D eigenvalue weighted by molar-refractivity contribution is 1.17. The van der Waals surface area contributed by atoms with Gasteiger partial charge in [-0.25, -0.2) is 0 Å². The van der Waals surface area contributed by atoms with Crippen molar-refractivity contribution in [2.75, 3.05) is 0 Å². The van der Waals surface area contributed by atoms with Crippen molar-refractivity contribution < 1.29 is 0 Å². The van der Waals surface area contributed by atoms with Crippen LogP contribution in [-0.2, 0) is 0 Å². The maximum atomic E-state index is 2.42. The normalized spacial score (nSPS) is 11.8. The van der Waals surface area contributed by atoms with Gasteiger partial charge in [0.2, 0.25) is 0 Å². The van der Waals surface area contributed by atoms with Crippen molar-refractivity contribution >= 4 is 54.4 Å². The summed E-state index contributed by atoms with van der Waals surface area (Å²) >= 11 is 0. The van der Waals surface area contributed by atoms with Gasteiger partial charge in [-0.15, -0.1) is 0 Å². The summed E-state index contributed by atoms with van der Waals surface area (Å²) in [5.74, 6) is 0. The minimum atomic E-state index is 1.16. The van der Waals surface area contributed by atoms with Crippen LogP contribution in [0.3, 0.4) is 0 Å². The molecule has 9 aromatic rings. The molecule has 0 saturated carbocycles. The van der Waals surface area contributed by atoms with E-state index in [-0.39, 0.29) is 0 Å². The zero-order valence-electron chi connectivity index (χ0n) is 22.9. The van der Waals surface area contributed by atoms with Gasteiger partial charge in [-0.1, -0.05) is 103 Å². The highest BCUT2D eigenvalue weighted by molar-refractivity contribution is 6.19. The Labute approximate surface area is 243 Å². The van der Waals surface area contributed by atoms with E-state index in [1.165, 1.54) is 71.2 Å². The molecule has 0 aliphatic heterocycles. The van der Waals surface area contributed by atoms with Gasteiger partial charge in [0.25, 0.3) is 0 Å². The monoisotopic (exact) mass is 534 g/mol. The van der Waals surface area contributed by atoms with Crippen LogP contribution in [0.4, 0.5) is 0 Å². The van der Waals surface area contributed by atoms with E-state index in [4.69, 9.17) is 0 Å². The van der Waals surface area contributed by atoms with Crippen LogP contribution >= 0.6 is 0 Å². The second-order valence-electron chi connectivity index (χ2n) is 11.0. The Hall–Kier alpha value is -5.60. The number of hydrogen-bond donors (Lipinski definition) is 0. The lowest BCUT2D eigenvalue weighted by Crippen LogP contribution is -1.94. The fraction of sp³-hybridized carbons (Fsp3) is 0. The molecule has 0 unspecified atom stereocenters. The predicted octanol–water partition coefficient (Wildman–Crippen LogP) is 10.7. The summed E-state index contributed by atoms with van der Waals surface area (Å²) in [6.45, 7) is 0. The lowest BCUT2D eigenvalue weighted by atomic mass is 10.0. The van der Waals surface area contributed by atoms with E-state index in [0.29, 0.717) is 0 Å². The van der Waals surface area contributed by atoms with E-state index in [0.717, 1.165) is 5.69 Å². The number of para-hydroxylation sites is 3. The molecule has 7 aromatic carbocycles. The van der Waals surface area contributed by atoms with Crippen molar-refractivity contribution in [2.45, 2.75) is 0 Å². The van der Waals surface area contributed by atoms with Gasteiger partial charge < -0.3 is 9.13 Å². The van der Waals surface area contributed by atoms with E-state index < -0.39 is 0 Å². The molecule has 196 valence electrons. The summed E-state index contributed by atoms with van der Waals surface area (Å²) in [5.41, 5.74) is 9.68. The highest BCUT2D eigenvalue weighted by Crippen LogP contribution is 2.39. The fourth-order valence-electron chi connectivity index (χ4n) is 6.74. The molecule has 9 rings (SSSR count).